The van der Waals surface area contributed by atoms with Crippen molar-refractivity contribution >= 4 is 16.9 Å². The van der Waals surface area contributed by atoms with Gasteiger partial charge in [-0.3, -0.25) is 9.89 Å². The van der Waals surface area contributed by atoms with Crippen LogP contribution in [0.5, 0.6) is 0 Å². The summed E-state index contributed by atoms with van der Waals surface area (Å²) in [6.07, 6.45) is 5.23. The molecule has 1 saturated heterocycles. The Morgan fingerprint density at radius 1 is 1.26 bits per heavy atom. The Kier molecular flexibility index (Phi) is 5.16. The van der Waals surface area contributed by atoms with Crippen LogP contribution in [0.2, 0.25) is 0 Å². The average molecular weight is 363 g/mol. The fraction of sp³-hybridized carbons (Fsp3) is 0.381. The average Bonchev–Trinajstić information content (AvgIpc) is 3.36. The second-order valence-corrected chi connectivity index (χ2v) is 7.16. The monoisotopic (exact) mass is 363 g/mol. The zero-order valence-electron chi connectivity index (χ0n) is 15.7. The van der Waals surface area contributed by atoms with E-state index in [1.165, 1.54) is 25.9 Å². The molecule has 0 bridgehead atoms. The Bertz CT molecular complexity index is 943. The molecule has 6 heteroatoms. The van der Waals surface area contributed by atoms with Crippen molar-refractivity contribution in [1.82, 2.24) is 25.4 Å². The van der Waals surface area contributed by atoms with Crippen molar-refractivity contribution in [2.24, 2.45) is 0 Å². The van der Waals surface area contributed by atoms with Gasteiger partial charge in [0.1, 0.15) is 0 Å². The first-order valence-electron chi connectivity index (χ1n) is 9.63. The maximum atomic E-state index is 12.8. The smallest absolute Gasteiger partial charge is 0.252 e. The van der Waals surface area contributed by atoms with Crippen LogP contribution in [0, 0.1) is 6.92 Å². The second kappa shape index (κ2) is 7.88. The lowest BCUT2D eigenvalue weighted by Crippen LogP contribution is -2.28. The molecule has 27 heavy (non-hydrogen) atoms. The molecule has 0 saturated carbocycles. The Labute approximate surface area is 159 Å². The maximum absolute atomic E-state index is 12.8. The van der Waals surface area contributed by atoms with Crippen LogP contribution >= 0.6 is 0 Å². The molecule has 1 aliphatic rings. The van der Waals surface area contributed by atoms with E-state index >= 15 is 0 Å². The largest absolute Gasteiger partial charge is 0.352 e. The molecule has 4 rings (SSSR count). The summed E-state index contributed by atoms with van der Waals surface area (Å²) in [5.74, 6) is -0.0694. The molecule has 2 N–H and O–H groups in total. The Balaban J connectivity index is 1.52. The number of nitrogens with one attached hydrogen (secondary N) is 2. The first-order valence-corrected chi connectivity index (χ1v) is 9.63. The highest BCUT2D eigenvalue weighted by molar-refractivity contribution is 6.06. The fourth-order valence-electron chi connectivity index (χ4n) is 3.72. The van der Waals surface area contributed by atoms with Crippen LogP contribution in [-0.2, 0) is 0 Å². The number of carbonyl (C=O) groups excluding carboxylic acids is 1. The van der Waals surface area contributed by atoms with E-state index in [0.29, 0.717) is 17.8 Å². The molecule has 1 amide bonds. The lowest BCUT2D eigenvalue weighted by molar-refractivity contribution is 0.0953. The van der Waals surface area contributed by atoms with Gasteiger partial charge in [0.25, 0.3) is 5.91 Å². The van der Waals surface area contributed by atoms with Gasteiger partial charge in [0.15, 0.2) is 5.65 Å². The summed E-state index contributed by atoms with van der Waals surface area (Å²) in [4.78, 5) is 19.9. The minimum Gasteiger partial charge on any atom is -0.352 e. The standard InChI is InChI=1S/C21H25N5O/c1-15-7-2-3-8-16(15)19-13-17(18-14-23-25-20(18)24-19)21(27)22-9-6-12-26-10-4-5-11-26/h2-3,7-8,13-14H,4-6,9-12H2,1H3,(H,22,27)(H,23,24,25). The summed E-state index contributed by atoms with van der Waals surface area (Å²) in [5.41, 5.74) is 4.19. The van der Waals surface area contributed by atoms with E-state index in [9.17, 15) is 4.79 Å². The normalized spacial score (nSPS) is 14.7. The zero-order valence-corrected chi connectivity index (χ0v) is 15.7. The van der Waals surface area contributed by atoms with Crippen LogP contribution in [0.4, 0.5) is 0 Å². The molecule has 0 spiro atoms. The molecule has 1 aromatic carbocycles. The van der Waals surface area contributed by atoms with E-state index in [-0.39, 0.29) is 5.91 Å². The van der Waals surface area contributed by atoms with Crippen LogP contribution in [0.3, 0.4) is 0 Å². The Morgan fingerprint density at radius 3 is 2.89 bits per heavy atom. The summed E-state index contributed by atoms with van der Waals surface area (Å²) in [6.45, 7) is 6.15. The third-order valence-corrected chi connectivity index (χ3v) is 5.22. The molecular weight excluding hydrogens is 338 g/mol. The van der Waals surface area contributed by atoms with E-state index in [1.807, 2.05) is 37.3 Å². The molecule has 140 valence electrons. The number of amides is 1. The van der Waals surface area contributed by atoms with Crippen molar-refractivity contribution in [3.05, 3.63) is 47.7 Å². The molecule has 0 radical (unpaired) electrons. The first kappa shape index (κ1) is 17.7. The molecule has 1 aliphatic heterocycles. The van der Waals surface area contributed by atoms with Crippen LogP contribution in [0.1, 0.15) is 35.2 Å². The van der Waals surface area contributed by atoms with Gasteiger partial charge in [-0.15, -0.1) is 0 Å². The predicted molar refractivity (Wildman–Crippen MR) is 107 cm³/mol. The van der Waals surface area contributed by atoms with Gasteiger partial charge in [-0.1, -0.05) is 24.3 Å². The number of likely N-dealkylation sites (tertiary alicyclic amines) is 1. The van der Waals surface area contributed by atoms with Gasteiger partial charge in [-0.05, 0) is 57.5 Å². The number of H-pyrrole nitrogens is 1. The lowest BCUT2D eigenvalue weighted by atomic mass is 10.0. The molecule has 6 nitrogen and oxygen atoms in total. The number of pyridine rings is 1. The SMILES string of the molecule is Cc1ccccc1-c1cc(C(=O)NCCCN2CCCC2)c2cn[nH]c2n1. The molecule has 0 atom stereocenters. The van der Waals surface area contributed by atoms with Crippen LogP contribution < -0.4 is 5.32 Å². The number of aromatic nitrogens is 3. The van der Waals surface area contributed by atoms with E-state index in [0.717, 1.165) is 35.2 Å². The van der Waals surface area contributed by atoms with Crippen molar-refractivity contribution in [2.75, 3.05) is 26.2 Å². The second-order valence-electron chi connectivity index (χ2n) is 7.16. The third-order valence-electron chi connectivity index (χ3n) is 5.22. The summed E-state index contributed by atoms with van der Waals surface area (Å²) in [5, 5.41) is 10.8. The molecule has 1 fully saturated rings. The molecule has 3 aromatic rings. The number of hydrogen-bond donors (Lipinski definition) is 2. The topological polar surface area (TPSA) is 73.9 Å². The number of fused-ring (bicyclic) bond motifs is 1. The van der Waals surface area contributed by atoms with Crippen LogP contribution in [-0.4, -0.2) is 52.2 Å². The highest BCUT2D eigenvalue weighted by Crippen LogP contribution is 2.26. The molecule has 3 heterocycles. The number of benzene rings is 1. The first-order chi connectivity index (χ1) is 13.2. The van der Waals surface area contributed by atoms with Gasteiger partial charge < -0.3 is 10.2 Å². The van der Waals surface area contributed by atoms with Gasteiger partial charge >= 0.3 is 0 Å². The van der Waals surface area contributed by atoms with E-state index < -0.39 is 0 Å². The number of aromatic amines is 1. The maximum Gasteiger partial charge on any atom is 0.252 e. The third kappa shape index (κ3) is 3.85. The van der Waals surface area contributed by atoms with Gasteiger partial charge in [-0.2, -0.15) is 5.10 Å². The van der Waals surface area contributed by atoms with Gasteiger partial charge in [-0.25, -0.2) is 4.98 Å². The number of aryl methyl sites for hydroxylation is 1. The van der Waals surface area contributed by atoms with Gasteiger partial charge in [0, 0.05) is 12.1 Å². The van der Waals surface area contributed by atoms with E-state index in [1.54, 1.807) is 6.20 Å². The van der Waals surface area contributed by atoms with Crippen molar-refractivity contribution < 1.29 is 4.79 Å². The number of nitrogens with zero attached hydrogens (tertiary/aromatic N) is 3. The zero-order chi connectivity index (χ0) is 18.6. The number of carbonyl (C=O) groups is 1. The van der Waals surface area contributed by atoms with Crippen molar-refractivity contribution in [3.8, 4) is 11.3 Å². The quantitative estimate of drug-likeness (QED) is 0.660. The van der Waals surface area contributed by atoms with Crippen LogP contribution in [0.25, 0.3) is 22.3 Å². The molecule has 0 aliphatic carbocycles. The molecule has 0 unspecified atom stereocenters. The van der Waals surface area contributed by atoms with E-state index in [2.05, 4.69) is 25.4 Å². The highest BCUT2D eigenvalue weighted by atomic mass is 16.1. The summed E-state index contributed by atoms with van der Waals surface area (Å²) >= 11 is 0. The summed E-state index contributed by atoms with van der Waals surface area (Å²) in [6, 6.07) is 9.93. The molecule has 2 aromatic heterocycles. The number of hydrogen-bond acceptors (Lipinski definition) is 4. The highest BCUT2D eigenvalue weighted by Gasteiger charge is 2.16. The summed E-state index contributed by atoms with van der Waals surface area (Å²) < 4.78 is 0. The number of rotatable bonds is 6. The van der Waals surface area contributed by atoms with E-state index in [4.69, 9.17) is 0 Å². The minimum absolute atomic E-state index is 0.0694. The van der Waals surface area contributed by atoms with Crippen molar-refractivity contribution in [3.63, 3.8) is 0 Å². The fourth-order valence-corrected chi connectivity index (χ4v) is 3.72. The van der Waals surface area contributed by atoms with Crippen LogP contribution in [0.15, 0.2) is 36.5 Å². The van der Waals surface area contributed by atoms with Crippen molar-refractivity contribution in [2.45, 2.75) is 26.2 Å². The Morgan fingerprint density at radius 2 is 2.07 bits per heavy atom. The predicted octanol–water partition coefficient (Wildman–Crippen LogP) is 3.15. The Hall–Kier alpha value is -2.73. The lowest BCUT2D eigenvalue weighted by Gasteiger charge is -2.14. The van der Waals surface area contributed by atoms with Crippen molar-refractivity contribution in [1.29, 1.82) is 0 Å². The van der Waals surface area contributed by atoms with Gasteiger partial charge in [0.05, 0.1) is 22.8 Å². The minimum atomic E-state index is -0.0694. The van der Waals surface area contributed by atoms with Gasteiger partial charge in [0.2, 0.25) is 0 Å². The molecular formula is C21H25N5O. The summed E-state index contributed by atoms with van der Waals surface area (Å²) in [7, 11) is 0.